The smallest absolute Gasteiger partial charge is 0.272 e. The molecule has 24 heavy (non-hydrogen) atoms. The number of aromatic nitrogens is 1. The number of carbonyl (C=O) groups is 3. The van der Waals surface area contributed by atoms with Crippen LogP contribution in [0.5, 0.6) is 0 Å². The molecule has 1 N–H and O–H groups in total. The number of hydrogen-bond donors (Lipinski definition) is 3. The van der Waals surface area contributed by atoms with Gasteiger partial charge in [-0.3, -0.25) is 19.4 Å². The number of fused-ring (bicyclic) bond motifs is 1. The lowest BCUT2D eigenvalue weighted by Crippen LogP contribution is -2.46. The number of hydrogen-bond acceptors (Lipinski definition) is 4. The van der Waals surface area contributed by atoms with Gasteiger partial charge in [0.05, 0.1) is 11.9 Å². The fraction of sp³-hybridized carbons (Fsp3) is 0.0769. The standard InChI is InChI=1S/C13H8BrF2N3O3S2/c14-5-1-7-9(17-4-5)3-8(15)6(11(7)16)2-10(20)19(13(22)24)18-12(21)23/h1,3-4H,2H2,(H,22,24)(H2,18,21,23). The molecule has 3 amide bonds. The first kappa shape index (κ1) is 18.6. The van der Waals surface area contributed by atoms with Gasteiger partial charge in [-0.15, -0.1) is 0 Å². The van der Waals surface area contributed by atoms with Gasteiger partial charge in [0.1, 0.15) is 11.6 Å². The van der Waals surface area contributed by atoms with Crippen LogP contribution in [-0.2, 0) is 11.2 Å². The molecular weight excluding hydrogens is 428 g/mol. The average Bonchev–Trinajstić information content (AvgIpc) is 2.49. The Morgan fingerprint density at radius 2 is 1.92 bits per heavy atom. The summed E-state index contributed by atoms with van der Waals surface area (Å²) in [6, 6.07) is 2.35. The van der Waals surface area contributed by atoms with E-state index in [1.54, 1.807) is 5.43 Å². The molecule has 0 fully saturated rings. The predicted molar refractivity (Wildman–Crippen MR) is 91.8 cm³/mol. The van der Waals surface area contributed by atoms with Crippen molar-refractivity contribution in [3.8, 4) is 0 Å². The summed E-state index contributed by atoms with van der Waals surface area (Å²) in [6.07, 6.45) is 0.552. The average molecular weight is 436 g/mol. The second-order valence-electron chi connectivity index (χ2n) is 4.48. The number of hydrazine groups is 1. The maximum atomic E-state index is 14.5. The van der Waals surface area contributed by atoms with Crippen LogP contribution in [0.1, 0.15) is 5.56 Å². The third-order valence-corrected chi connectivity index (χ3v) is 3.65. The van der Waals surface area contributed by atoms with Gasteiger partial charge in [0, 0.05) is 27.7 Å². The van der Waals surface area contributed by atoms with Gasteiger partial charge < -0.3 is 0 Å². The van der Waals surface area contributed by atoms with Gasteiger partial charge in [-0.1, -0.05) is 25.3 Å². The number of benzene rings is 1. The van der Waals surface area contributed by atoms with Crippen molar-refractivity contribution >= 4 is 68.5 Å². The van der Waals surface area contributed by atoms with Crippen molar-refractivity contribution < 1.29 is 23.2 Å². The van der Waals surface area contributed by atoms with E-state index < -0.39 is 40.0 Å². The molecule has 6 nitrogen and oxygen atoms in total. The lowest BCUT2D eigenvalue weighted by Gasteiger charge is -2.18. The number of imide groups is 1. The molecule has 0 bridgehead atoms. The van der Waals surface area contributed by atoms with Crippen LogP contribution in [0, 0.1) is 11.6 Å². The largest absolute Gasteiger partial charge is 0.304 e. The van der Waals surface area contributed by atoms with Gasteiger partial charge in [-0.05, 0) is 22.0 Å². The van der Waals surface area contributed by atoms with E-state index in [2.05, 4.69) is 46.2 Å². The molecule has 1 aromatic heterocycles. The molecule has 0 radical (unpaired) electrons. The summed E-state index contributed by atoms with van der Waals surface area (Å²) in [5.41, 5.74) is 1.30. The van der Waals surface area contributed by atoms with E-state index in [-0.39, 0.29) is 15.9 Å². The number of nitrogens with one attached hydrogen (secondary N) is 1. The van der Waals surface area contributed by atoms with Gasteiger partial charge in [-0.25, -0.2) is 14.2 Å². The summed E-state index contributed by atoms with van der Waals surface area (Å²) in [7, 11) is 0. The summed E-state index contributed by atoms with van der Waals surface area (Å²) in [5, 5.41) is -1.94. The van der Waals surface area contributed by atoms with Crippen molar-refractivity contribution in [3.05, 3.63) is 40.0 Å². The van der Waals surface area contributed by atoms with E-state index in [4.69, 9.17) is 0 Å². The van der Waals surface area contributed by atoms with Crippen molar-refractivity contribution in [1.29, 1.82) is 0 Å². The molecule has 2 rings (SSSR count). The molecule has 0 aliphatic carbocycles. The monoisotopic (exact) mass is 435 g/mol. The van der Waals surface area contributed by atoms with Crippen LogP contribution in [-0.4, -0.2) is 26.4 Å². The van der Waals surface area contributed by atoms with Crippen molar-refractivity contribution in [2.45, 2.75) is 6.42 Å². The van der Waals surface area contributed by atoms with Crippen molar-refractivity contribution in [1.82, 2.24) is 15.4 Å². The third-order valence-electron chi connectivity index (χ3n) is 2.91. The zero-order chi connectivity index (χ0) is 18.0. The Bertz CT molecular complexity index is 866. The molecule has 0 saturated carbocycles. The maximum Gasteiger partial charge on any atom is 0.304 e. The van der Waals surface area contributed by atoms with Crippen molar-refractivity contribution in [2.24, 2.45) is 0 Å². The highest BCUT2D eigenvalue weighted by Crippen LogP contribution is 2.26. The minimum atomic E-state index is -1.13. The highest BCUT2D eigenvalue weighted by Gasteiger charge is 2.24. The molecule has 2 aromatic rings. The van der Waals surface area contributed by atoms with Crippen molar-refractivity contribution in [2.75, 3.05) is 0 Å². The fourth-order valence-electron chi connectivity index (χ4n) is 1.92. The lowest BCUT2D eigenvalue weighted by atomic mass is 10.1. The molecule has 126 valence electrons. The molecule has 11 heteroatoms. The minimum Gasteiger partial charge on any atom is -0.272 e. The highest BCUT2D eigenvalue weighted by molar-refractivity contribution is 9.10. The topological polar surface area (TPSA) is 79.4 Å². The number of carbonyl (C=O) groups excluding carboxylic acids is 3. The van der Waals surface area contributed by atoms with Crippen LogP contribution in [0.25, 0.3) is 10.9 Å². The van der Waals surface area contributed by atoms with E-state index >= 15 is 0 Å². The van der Waals surface area contributed by atoms with Gasteiger partial charge in [0.2, 0.25) is 0 Å². The summed E-state index contributed by atoms with van der Waals surface area (Å²) < 4.78 is 29.1. The second kappa shape index (κ2) is 7.45. The van der Waals surface area contributed by atoms with Crippen LogP contribution in [0.2, 0.25) is 0 Å². The Morgan fingerprint density at radius 3 is 2.50 bits per heavy atom. The Labute approximate surface area is 153 Å². The first-order valence-electron chi connectivity index (χ1n) is 6.18. The highest BCUT2D eigenvalue weighted by atomic mass is 79.9. The molecule has 0 atom stereocenters. The first-order chi connectivity index (χ1) is 11.2. The van der Waals surface area contributed by atoms with Gasteiger partial charge in [0.15, 0.2) is 0 Å². The predicted octanol–water partition coefficient (Wildman–Crippen LogP) is 3.25. The quantitative estimate of drug-likeness (QED) is 0.499. The van der Waals surface area contributed by atoms with Crippen LogP contribution in [0.4, 0.5) is 18.4 Å². The number of thiol groups is 2. The number of pyridine rings is 1. The number of amides is 3. The Balaban J connectivity index is 2.43. The summed E-state index contributed by atoms with van der Waals surface area (Å²) in [4.78, 5) is 38.0. The minimum absolute atomic E-state index is 0.00411. The number of nitrogens with zero attached hydrogens (tertiary/aromatic N) is 2. The molecule has 1 aromatic carbocycles. The normalized spacial score (nSPS) is 10.5. The van der Waals surface area contributed by atoms with E-state index in [1.165, 1.54) is 12.3 Å². The van der Waals surface area contributed by atoms with E-state index in [1.807, 2.05) is 0 Å². The molecular formula is C13H8BrF2N3O3S2. The molecule has 0 aliphatic heterocycles. The Hall–Kier alpha value is -1.72. The van der Waals surface area contributed by atoms with Gasteiger partial charge in [0.25, 0.3) is 11.1 Å². The van der Waals surface area contributed by atoms with E-state index in [0.717, 1.165) is 6.07 Å². The van der Waals surface area contributed by atoms with Crippen molar-refractivity contribution in [3.63, 3.8) is 0 Å². The molecule has 0 saturated heterocycles. The zero-order valence-electron chi connectivity index (χ0n) is 11.6. The zero-order valence-corrected chi connectivity index (χ0v) is 15.0. The summed E-state index contributed by atoms with van der Waals surface area (Å²) in [5.74, 6) is -3.08. The van der Waals surface area contributed by atoms with E-state index in [0.29, 0.717) is 4.47 Å². The van der Waals surface area contributed by atoms with E-state index in [9.17, 15) is 23.2 Å². The summed E-state index contributed by atoms with van der Waals surface area (Å²) in [6.45, 7) is 0. The van der Waals surface area contributed by atoms with Crippen LogP contribution in [0.15, 0.2) is 22.8 Å². The molecule has 0 aliphatic rings. The van der Waals surface area contributed by atoms with Gasteiger partial charge >= 0.3 is 5.24 Å². The molecule has 0 unspecified atom stereocenters. The van der Waals surface area contributed by atoms with Crippen LogP contribution >= 0.6 is 41.2 Å². The Morgan fingerprint density at radius 1 is 1.25 bits per heavy atom. The number of halogens is 3. The number of rotatable bonds is 2. The fourth-order valence-corrected chi connectivity index (χ4v) is 2.51. The first-order valence-corrected chi connectivity index (χ1v) is 7.87. The third kappa shape index (κ3) is 4.02. The van der Waals surface area contributed by atoms with Crippen LogP contribution in [0.3, 0.4) is 0 Å². The molecule has 1 heterocycles. The second-order valence-corrected chi connectivity index (χ2v) is 6.18. The van der Waals surface area contributed by atoms with Gasteiger partial charge in [-0.2, -0.15) is 5.01 Å². The van der Waals surface area contributed by atoms with Crippen LogP contribution < -0.4 is 5.43 Å². The SMILES string of the molecule is O=C(S)NN(C(=O)S)C(=O)Cc1c(F)cc2ncc(Br)cc2c1F. The summed E-state index contributed by atoms with van der Waals surface area (Å²) >= 11 is 9.89. The lowest BCUT2D eigenvalue weighted by molar-refractivity contribution is -0.128. The molecule has 0 spiro atoms. The maximum absolute atomic E-state index is 14.5. The Kier molecular flexibility index (Phi) is 5.78.